The maximum atomic E-state index is 10.7. The van der Waals surface area contributed by atoms with E-state index >= 15 is 0 Å². The molecule has 0 aromatic heterocycles. The Morgan fingerprint density at radius 3 is 2.79 bits per heavy atom. The molecule has 0 fully saturated rings. The Balaban J connectivity index is 2.74. The molecule has 0 spiro atoms. The maximum Gasteiger partial charge on any atom is 0.271 e. The van der Waals surface area contributed by atoms with E-state index in [1.165, 1.54) is 18.2 Å². The lowest BCUT2D eigenvalue weighted by atomic mass is 9.88. The highest BCUT2D eigenvalue weighted by atomic mass is 35.5. The zero-order valence-electron chi connectivity index (χ0n) is 10.9. The maximum absolute atomic E-state index is 10.7. The highest BCUT2D eigenvalue weighted by Crippen LogP contribution is 2.29. The first-order valence-electron chi connectivity index (χ1n) is 5.90. The smallest absolute Gasteiger partial charge is 0.271 e. The van der Waals surface area contributed by atoms with Gasteiger partial charge in [-0.2, -0.15) is 5.26 Å². The number of nitro groups is 1. The summed E-state index contributed by atoms with van der Waals surface area (Å²) in [6, 6.07) is 6.41. The van der Waals surface area contributed by atoms with Crippen LogP contribution in [0.15, 0.2) is 18.2 Å². The zero-order valence-corrected chi connectivity index (χ0v) is 11.7. The van der Waals surface area contributed by atoms with E-state index in [-0.39, 0.29) is 11.1 Å². The first-order valence-corrected chi connectivity index (χ1v) is 6.28. The van der Waals surface area contributed by atoms with Crippen LogP contribution < -0.4 is 5.32 Å². The molecule has 0 atom stereocenters. The fourth-order valence-electron chi connectivity index (χ4n) is 1.58. The van der Waals surface area contributed by atoms with Crippen LogP contribution in [0.5, 0.6) is 0 Å². The van der Waals surface area contributed by atoms with Gasteiger partial charge in [0, 0.05) is 25.1 Å². The minimum atomic E-state index is -0.456. The quantitative estimate of drug-likeness (QED) is 0.631. The van der Waals surface area contributed by atoms with Crippen molar-refractivity contribution in [1.82, 2.24) is 0 Å². The Kier molecular flexibility index (Phi) is 5.13. The number of non-ortho nitro benzene ring substituents is 1. The van der Waals surface area contributed by atoms with Crippen LogP contribution in [0.1, 0.15) is 26.7 Å². The number of nitrogens with one attached hydrogen (secondary N) is 1. The van der Waals surface area contributed by atoms with Gasteiger partial charge in [0.05, 0.1) is 21.7 Å². The van der Waals surface area contributed by atoms with Gasteiger partial charge in [-0.3, -0.25) is 10.1 Å². The summed E-state index contributed by atoms with van der Waals surface area (Å²) in [5.41, 5.74) is 0.464. The predicted molar refractivity (Wildman–Crippen MR) is 75.2 cm³/mol. The second-order valence-electron chi connectivity index (χ2n) is 5.10. The summed E-state index contributed by atoms with van der Waals surface area (Å²) >= 11 is 6.00. The van der Waals surface area contributed by atoms with Gasteiger partial charge in [0.1, 0.15) is 0 Å². The third-order valence-electron chi connectivity index (χ3n) is 2.83. The van der Waals surface area contributed by atoms with Crippen LogP contribution in [0.3, 0.4) is 0 Å². The molecule has 1 rings (SSSR count). The van der Waals surface area contributed by atoms with Crippen molar-refractivity contribution in [2.75, 3.05) is 11.9 Å². The number of nitriles is 1. The van der Waals surface area contributed by atoms with Gasteiger partial charge < -0.3 is 5.32 Å². The minimum absolute atomic E-state index is 0.00160. The summed E-state index contributed by atoms with van der Waals surface area (Å²) in [5.74, 6) is 0. The third kappa shape index (κ3) is 4.76. The molecule has 1 N–H and O–H groups in total. The highest BCUT2D eigenvalue weighted by molar-refractivity contribution is 6.33. The molecule has 0 saturated carbocycles. The summed E-state index contributed by atoms with van der Waals surface area (Å²) in [7, 11) is 0. The Bertz CT molecular complexity index is 509. The number of hydrogen-bond donors (Lipinski definition) is 1. The molecular weight excluding hydrogens is 266 g/mol. The summed E-state index contributed by atoms with van der Waals surface area (Å²) in [6.45, 7) is 4.65. The van der Waals surface area contributed by atoms with Crippen LogP contribution in [0.25, 0.3) is 0 Å². The third-order valence-corrected chi connectivity index (χ3v) is 3.16. The standard InChI is InChI=1S/C13H16ClN3O2/c1-13(2,6-3-7-15)9-16-12-8-10(17(18)19)4-5-11(12)14/h4-5,8,16H,3,6,9H2,1-2H3. The average Bonchev–Trinajstić information content (AvgIpc) is 2.35. The lowest BCUT2D eigenvalue weighted by molar-refractivity contribution is -0.384. The van der Waals surface area contributed by atoms with E-state index in [1.54, 1.807) is 0 Å². The molecule has 5 nitrogen and oxygen atoms in total. The van der Waals surface area contributed by atoms with Crippen molar-refractivity contribution in [3.63, 3.8) is 0 Å². The lowest BCUT2D eigenvalue weighted by Crippen LogP contribution is -2.23. The molecule has 0 unspecified atom stereocenters. The molecular formula is C13H16ClN3O2. The van der Waals surface area contributed by atoms with Gasteiger partial charge >= 0.3 is 0 Å². The van der Waals surface area contributed by atoms with E-state index in [9.17, 15) is 10.1 Å². The molecule has 1 aromatic carbocycles. The van der Waals surface area contributed by atoms with E-state index in [0.717, 1.165) is 6.42 Å². The van der Waals surface area contributed by atoms with Gasteiger partial charge in [0.2, 0.25) is 0 Å². The summed E-state index contributed by atoms with van der Waals surface area (Å²) in [4.78, 5) is 10.2. The first kappa shape index (κ1) is 15.3. The van der Waals surface area contributed by atoms with Crippen molar-refractivity contribution in [3.05, 3.63) is 33.3 Å². The summed E-state index contributed by atoms with van der Waals surface area (Å²) in [5, 5.41) is 22.9. The van der Waals surface area contributed by atoms with E-state index in [1.807, 2.05) is 13.8 Å². The Morgan fingerprint density at radius 1 is 1.53 bits per heavy atom. The molecule has 6 heteroatoms. The van der Waals surface area contributed by atoms with Crippen LogP contribution in [0.2, 0.25) is 5.02 Å². The summed E-state index contributed by atoms with van der Waals surface area (Å²) < 4.78 is 0. The second-order valence-corrected chi connectivity index (χ2v) is 5.50. The number of nitrogens with zero attached hydrogens (tertiary/aromatic N) is 2. The van der Waals surface area contributed by atoms with E-state index in [0.29, 0.717) is 23.7 Å². The Labute approximate surface area is 117 Å². The largest absolute Gasteiger partial charge is 0.383 e. The lowest BCUT2D eigenvalue weighted by Gasteiger charge is -2.24. The fourth-order valence-corrected chi connectivity index (χ4v) is 1.76. The van der Waals surface area contributed by atoms with Crippen LogP contribution in [-0.2, 0) is 0 Å². The van der Waals surface area contributed by atoms with Crippen molar-refractivity contribution < 1.29 is 4.92 Å². The van der Waals surface area contributed by atoms with Crippen molar-refractivity contribution in [2.45, 2.75) is 26.7 Å². The van der Waals surface area contributed by atoms with Gasteiger partial charge in [-0.25, -0.2) is 0 Å². The molecule has 0 amide bonds. The SMILES string of the molecule is CC(C)(CCC#N)CNc1cc([N+](=O)[O-])ccc1Cl. The normalized spacial score (nSPS) is 10.8. The molecule has 19 heavy (non-hydrogen) atoms. The number of hydrogen-bond acceptors (Lipinski definition) is 4. The van der Waals surface area contributed by atoms with Crippen LogP contribution in [0.4, 0.5) is 11.4 Å². The first-order chi connectivity index (χ1) is 8.85. The number of halogens is 1. The molecule has 1 aromatic rings. The number of anilines is 1. The summed E-state index contributed by atoms with van der Waals surface area (Å²) in [6.07, 6.45) is 1.24. The number of rotatable bonds is 6. The molecule has 0 radical (unpaired) electrons. The number of nitro benzene ring substituents is 1. The fraction of sp³-hybridized carbons (Fsp3) is 0.462. The zero-order chi connectivity index (χ0) is 14.5. The van der Waals surface area contributed by atoms with E-state index < -0.39 is 4.92 Å². The molecule has 0 heterocycles. The Morgan fingerprint density at radius 2 is 2.21 bits per heavy atom. The topological polar surface area (TPSA) is 79.0 Å². The van der Waals surface area contributed by atoms with Gasteiger partial charge in [-0.1, -0.05) is 25.4 Å². The van der Waals surface area contributed by atoms with Crippen LogP contribution in [-0.4, -0.2) is 11.5 Å². The molecule has 0 aliphatic heterocycles. The highest BCUT2D eigenvalue weighted by Gasteiger charge is 2.18. The van der Waals surface area contributed by atoms with Gasteiger partial charge in [0.15, 0.2) is 0 Å². The van der Waals surface area contributed by atoms with Gasteiger partial charge in [-0.15, -0.1) is 0 Å². The molecule has 0 aliphatic rings. The molecule has 0 saturated heterocycles. The average molecular weight is 282 g/mol. The van der Waals surface area contributed by atoms with Crippen molar-refractivity contribution in [1.29, 1.82) is 5.26 Å². The van der Waals surface area contributed by atoms with Gasteiger partial charge in [-0.05, 0) is 17.9 Å². The van der Waals surface area contributed by atoms with Crippen molar-refractivity contribution >= 4 is 23.0 Å². The van der Waals surface area contributed by atoms with Crippen LogP contribution >= 0.6 is 11.6 Å². The van der Waals surface area contributed by atoms with E-state index in [2.05, 4.69) is 11.4 Å². The molecule has 0 bridgehead atoms. The molecule has 102 valence electrons. The Hall–Kier alpha value is -1.80. The predicted octanol–water partition coefficient (Wildman–Crippen LogP) is 3.99. The monoisotopic (exact) mass is 281 g/mol. The van der Waals surface area contributed by atoms with Crippen molar-refractivity contribution in [2.24, 2.45) is 5.41 Å². The molecule has 0 aliphatic carbocycles. The van der Waals surface area contributed by atoms with Crippen LogP contribution in [0, 0.1) is 26.9 Å². The minimum Gasteiger partial charge on any atom is -0.383 e. The van der Waals surface area contributed by atoms with E-state index in [4.69, 9.17) is 16.9 Å². The van der Waals surface area contributed by atoms with Gasteiger partial charge in [0.25, 0.3) is 5.69 Å². The van der Waals surface area contributed by atoms with Crippen molar-refractivity contribution in [3.8, 4) is 6.07 Å². The number of benzene rings is 1. The second kappa shape index (κ2) is 6.39.